The Morgan fingerprint density at radius 3 is 2.83 bits per heavy atom. The van der Waals surface area contributed by atoms with E-state index in [2.05, 4.69) is 24.9 Å². The molecule has 4 heterocycles. The van der Waals surface area contributed by atoms with Gasteiger partial charge in [-0.15, -0.1) is 22.0 Å². The third-order valence-electron chi connectivity index (χ3n) is 3.97. The largest absolute Gasteiger partial charge is 0.477 e. The summed E-state index contributed by atoms with van der Waals surface area (Å²) < 4.78 is 4.55. The molecule has 11 nitrogen and oxygen atoms in total. The van der Waals surface area contributed by atoms with E-state index in [-0.39, 0.29) is 23.1 Å². The molecule has 0 aliphatic carbocycles. The SMILES string of the molecule is Cc1nnc(SC2=C(C(=O)O)N3C(=O)[C@@H](NC(=O)Cc4nsc(N)n4)[C@@H]3SC2)s1. The van der Waals surface area contributed by atoms with Gasteiger partial charge in [0, 0.05) is 22.2 Å². The molecule has 1 saturated heterocycles. The number of nitrogens with one attached hydrogen (secondary N) is 1. The van der Waals surface area contributed by atoms with Crippen LogP contribution in [0.15, 0.2) is 14.9 Å². The van der Waals surface area contributed by atoms with Gasteiger partial charge in [0.1, 0.15) is 22.1 Å². The zero-order valence-corrected chi connectivity index (χ0v) is 18.0. The number of carboxylic acids is 1. The lowest BCUT2D eigenvalue weighted by Crippen LogP contribution is -2.70. The first kappa shape index (κ1) is 20.1. The maximum Gasteiger partial charge on any atom is 0.353 e. The highest BCUT2D eigenvalue weighted by Gasteiger charge is 2.54. The number of fused-ring (bicyclic) bond motifs is 1. The topological polar surface area (TPSA) is 164 Å². The van der Waals surface area contributed by atoms with Gasteiger partial charge >= 0.3 is 5.97 Å². The maximum atomic E-state index is 12.6. The minimum atomic E-state index is -1.20. The Morgan fingerprint density at radius 2 is 2.21 bits per heavy atom. The van der Waals surface area contributed by atoms with E-state index in [1.807, 2.05) is 6.92 Å². The van der Waals surface area contributed by atoms with Crippen molar-refractivity contribution in [1.82, 2.24) is 29.8 Å². The number of aliphatic carboxylic acids is 1. The van der Waals surface area contributed by atoms with Crippen molar-refractivity contribution in [2.45, 2.75) is 29.1 Å². The van der Waals surface area contributed by atoms with Crippen LogP contribution in [0.5, 0.6) is 0 Å². The second-order valence-corrected chi connectivity index (χ2v) is 10.4. The fourth-order valence-corrected chi connectivity index (χ4v) is 6.71. The van der Waals surface area contributed by atoms with Crippen molar-refractivity contribution < 1.29 is 19.5 Å². The smallest absolute Gasteiger partial charge is 0.353 e. The number of aryl methyl sites for hydroxylation is 1. The van der Waals surface area contributed by atoms with Crippen LogP contribution in [-0.4, -0.2) is 64.5 Å². The number of carbonyl (C=O) groups is 3. The van der Waals surface area contributed by atoms with E-state index in [1.165, 1.54) is 39.8 Å². The number of anilines is 1. The van der Waals surface area contributed by atoms with Crippen LogP contribution in [0.2, 0.25) is 0 Å². The summed E-state index contributed by atoms with van der Waals surface area (Å²) in [6.07, 6.45) is -0.103. The van der Waals surface area contributed by atoms with E-state index in [4.69, 9.17) is 5.73 Å². The second kappa shape index (κ2) is 7.89. The van der Waals surface area contributed by atoms with Crippen molar-refractivity contribution in [2.24, 2.45) is 0 Å². The summed E-state index contributed by atoms with van der Waals surface area (Å²) in [5.74, 6) is -1.42. The molecule has 0 radical (unpaired) electrons. The Balaban J connectivity index is 1.47. The first-order valence-corrected chi connectivity index (χ1v) is 11.6. The summed E-state index contributed by atoms with van der Waals surface area (Å²) in [7, 11) is 0. The van der Waals surface area contributed by atoms with Crippen LogP contribution < -0.4 is 11.1 Å². The Kier molecular flexibility index (Phi) is 5.46. The van der Waals surface area contributed by atoms with E-state index in [0.29, 0.717) is 15.0 Å². The molecule has 0 bridgehead atoms. The summed E-state index contributed by atoms with van der Waals surface area (Å²) in [4.78, 5) is 42.3. The number of β-lactam (4-membered cyclic amide) rings is 1. The lowest BCUT2D eigenvalue weighted by atomic mass is 10.0. The number of hydrogen-bond acceptors (Lipinski definition) is 12. The lowest BCUT2D eigenvalue weighted by molar-refractivity contribution is -0.150. The molecule has 4 N–H and O–H groups in total. The van der Waals surface area contributed by atoms with Gasteiger partial charge in [-0.3, -0.25) is 14.5 Å². The van der Waals surface area contributed by atoms with Crippen LogP contribution in [0.4, 0.5) is 5.13 Å². The molecular weight excluding hydrogens is 458 g/mol. The molecular formula is C14H13N7O4S4. The van der Waals surface area contributed by atoms with Crippen LogP contribution >= 0.6 is 46.4 Å². The van der Waals surface area contributed by atoms with Crippen LogP contribution in [0.25, 0.3) is 0 Å². The molecule has 2 amide bonds. The van der Waals surface area contributed by atoms with Crippen molar-refractivity contribution in [3.05, 3.63) is 21.4 Å². The van der Waals surface area contributed by atoms with Crippen molar-refractivity contribution in [3.63, 3.8) is 0 Å². The van der Waals surface area contributed by atoms with Gasteiger partial charge in [-0.05, 0) is 6.92 Å². The number of hydrogen-bond donors (Lipinski definition) is 3. The van der Waals surface area contributed by atoms with Gasteiger partial charge in [-0.25, -0.2) is 9.78 Å². The second-order valence-electron chi connectivity index (χ2n) is 5.95. The highest BCUT2D eigenvalue weighted by Crippen LogP contribution is 2.45. The van der Waals surface area contributed by atoms with Crippen LogP contribution in [-0.2, 0) is 20.8 Å². The summed E-state index contributed by atoms with van der Waals surface area (Å²) >= 11 is 4.92. The number of nitrogens with zero attached hydrogens (tertiary/aromatic N) is 5. The number of nitrogen functional groups attached to an aromatic ring is 1. The Bertz CT molecular complexity index is 1030. The summed E-state index contributed by atoms with van der Waals surface area (Å²) in [6, 6.07) is -0.798. The number of amides is 2. The number of nitrogens with two attached hydrogens (primary N) is 1. The lowest BCUT2D eigenvalue weighted by Gasteiger charge is -2.49. The molecule has 2 aromatic heterocycles. The zero-order chi connectivity index (χ0) is 20.7. The molecule has 29 heavy (non-hydrogen) atoms. The quantitative estimate of drug-likeness (QED) is 0.497. The average molecular weight is 472 g/mol. The summed E-state index contributed by atoms with van der Waals surface area (Å²) in [6.45, 7) is 1.81. The predicted octanol–water partition coefficient (Wildman–Crippen LogP) is 0.311. The highest BCUT2D eigenvalue weighted by molar-refractivity contribution is 8.07. The number of aromatic nitrogens is 4. The van der Waals surface area contributed by atoms with E-state index in [0.717, 1.165) is 16.5 Å². The molecule has 0 spiro atoms. The minimum absolute atomic E-state index is 0.0731. The van der Waals surface area contributed by atoms with Gasteiger partial charge in [0.05, 0.1) is 6.42 Å². The Morgan fingerprint density at radius 1 is 1.41 bits per heavy atom. The van der Waals surface area contributed by atoms with E-state index in [9.17, 15) is 19.5 Å². The molecule has 2 aliphatic heterocycles. The standard InChI is InChI=1S/C14H13N7O4S4/c1-4-18-19-14(27-4)28-5-3-26-11-8(10(23)21(11)9(5)12(24)25)17-7(22)2-6-16-13(15)29-20-6/h8,11H,2-3H2,1H3,(H,17,22)(H,24,25)(H2,15,16,20)/t8-,11+/m1/s1. The number of rotatable bonds is 6. The van der Waals surface area contributed by atoms with Gasteiger partial charge in [0.2, 0.25) is 5.91 Å². The fourth-order valence-electron chi connectivity index (χ4n) is 2.80. The van der Waals surface area contributed by atoms with E-state index in [1.54, 1.807) is 0 Å². The summed E-state index contributed by atoms with van der Waals surface area (Å²) in [5, 5.41) is 20.8. The molecule has 2 atom stereocenters. The monoisotopic (exact) mass is 471 g/mol. The van der Waals surface area contributed by atoms with Crippen molar-refractivity contribution in [3.8, 4) is 0 Å². The molecule has 0 aromatic carbocycles. The number of thioether (sulfide) groups is 2. The first-order valence-electron chi connectivity index (χ1n) is 8.10. The van der Waals surface area contributed by atoms with E-state index >= 15 is 0 Å². The first-order chi connectivity index (χ1) is 13.8. The van der Waals surface area contributed by atoms with Crippen molar-refractivity contribution in [2.75, 3.05) is 11.5 Å². The van der Waals surface area contributed by atoms with Crippen molar-refractivity contribution >= 4 is 69.3 Å². The van der Waals surface area contributed by atoms with E-state index < -0.39 is 29.2 Å². The Hall–Kier alpha value is -2.23. The molecule has 2 aliphatic rings. The predicted molar refractivity (Wildman–Crippen MR) is 108 cm³/mol. The third-order valence-corrected chi connectivity index (χ3v) is 7.99. The molecule has 0 saturated carbocycles. The van der Waals surface area contributed by atoms with Gasteiger partial charge in [-0.1, -0.05) is 23.1 Å². The fraction of sp³-hybridized carbons (Fsp3) is 0.357. The van der Waals surface area contributed by atoms with Gasteiger partial charge in [0.25, 0.3) is 5.91 Å². The number of carboxylic acid groups (broad SMARTS) is 1. The third kappa shape index (κ3) is 3.94. The molecule has 0 unspecified atom stereocenters. The van der Waals surface area contributed by atoms with Crippen LogP contribution in [0, 0.1) is 6.92 Å². The van der Waals surface area contributed by atoms with Crippen LogP contribution in [0.1, 0.15) is 10.8 Å². The summed E-state index contributed by atoms with van der Waals surface area (Å²) in [5.41, 5.74) is 5.42. The molecule has 1 fully saturated rings. The molecule has 2 aromatic rings. The van der Waals surface area contributed by atoms with Gasteiger partial charge < -0.3 is 16.2 Å². The van der Waals surface area contributed by atoms with Gasteiger partial charge in [0.15, 0.2) is 15.3 Å². The molecule has 152 valence electrons. The highest BCUT2D eigenvalue weighted by atomic mass is 32.2. The Labute approximate surface area is 180 Å². The van der Waals surface area contributed by atoms with Gasteiger partial charge in [-0.2, -0.15) is 4.37 Å². The normalized spacial score (nSPS) is 21.0. The number of carbonyl (C=O) groups excluding carboxylic acids is 2. The van der Waals surface area contributed by atoms with Crippen molar-refractivity contribution in [1.29, 1.82) is 0 Å². The zero-order valence-electron chi connectivity index (χ0n) is 14.7. The molecule has 15 heteroatoms. The maximum absolute atomic E-state index is 12.6. The average Bonchev–Trinajstić information content (AvgIpc) is 3.26. The van der Waals surface area contributed by atoms with Crippen LogP contribution in [0.3, 0.4) is 0 Å². The molecule has 4 rings (SSSR count). The minimum Gasteiger partial charge on any atom is -0.477 e.